The normalized spacial score (nSPS) is 46.2. The van der Waals surface area contributed by atoms with Gasteiger partial charge in [0.25, 0.3) is 0 Å². The summed E-state index contributed by atoms with van der Waals surface area (Å²) in [6.45, 7) is 11.6. The Morgan fingerprint density at radius 1 is 0.860 bits per heavy atom. The number of allylic oxidation sites excluding steroid dienone is 1. The molecular formula is C37H61NO12. The number of carbonyl (C=O) groups is 2. The monoisotopic (exact) mass is 711 g/mol. The van der Waals surface area contributed by atoms with Crippen LogP contribution in [0.3, 0.4) is 0 Å². The molecule has 4 heterocycles. The largest absolute Gasteiger partial charge is 0.459 e. The van der Waals surface area contributed by atoms with Crippen LogP contribution in [0.1, 0.15) is 60.8 Å². The number of ether oxygens (including phenoxy) is 8. The van der Waals surface area contributed by atoms with Crippen molar-refractivity contribution in [1.82, 2.24) is 4.90 Å². The van der Waals surface area contributed by atoms with Crippen LogP contribution in [0.25, 0.3) is 0 Å². The maximum Gasteiger partial charge on any atom is 0.330 e. The van der Waals surface area contributed by atoms with Crippen LogP contribution in [0.2, 0.25) is 0 Å². The summed E-state index contributed by atoms with van der Waals surface area (Å²) in [5.74, 6) is -1.66. The Morgan fingerprint density at radius 2 is 1.56 bits per heavy atom. The number of aliphatic hydroxyl groups is 2. The van der Waals surface area contributed by atoms with Gasteiger partial charge in [-0.3, -0.25) is 4.79 Å². The zero-order valence-corrected chi connectivity index (χ0v) is 31.4. The minimum absolute atomic E-state index is 0.0293. The molecule has 0 aliphatic carbocycles. The lowest BCUT2D eigenvalue weighted by Gasteiger charge is -2.43. The summed E-state index contributed by atoms with van der Waals surface area (Å²) >= 11 is 0. The predicted molar refractivity (Wildman–Crippen MR) is 183 cm³/mol. The van der Waals surface area contributed by atoms with Crippen LogP contribution in [0.5, 0.6) is 0 Å². The van der Waals surface area contributed by atoms with E-state index in [0.29, 0.717) is 19.3 Å². The van der Waals surface area contributed by atoms with E-state index in [1.54, 1.807) is 25.2 Å². The van der Waals surface area contributed by atoms with Gasteiger partial charge in [-0.25, -0.2) is 4.79 Å². The van der Waals surface area contributed by atoms with E-state index in [1.807, 2.05) is 53.6 Å². The third-order valence-electron chi connectivity index (χ3n) is 10.7. The topological polar surface area (TPSA) is 155 Å². The molecule has 0 aromatic rings. The van der Waals surface area contributed by atoms with Crippen molar-refractivity contribution in [2.24, 2.45) is 23.7 Å². The zero-order chi connectivity index (χ0) is 36.9. The summed E-state index contributed by atoms with van der Waals surface area (Å²) in [6, 6.07) is -0.144. The summed E-state index contributed by atoms with van der Waals surface area (Å²) in [4.78, 5) is 28.7. The van der Waals surface area contributed by atoms with Gasteiger partial charge in [0.1, 0.15) is 36.6 Å². The minimum atomic E-state index is -0.904. The molecule has 4 aliphatic rings. The summed E-state index contributed by atoms with van der Waals surface area (Å²) in [5.41, 5.74) is 0. The average molecular weight is 712 g/mol. The summed E-state index contributed by atoms with van der Waals surface area (Å²) in [5, 5.41) is 21.8. The molecule has 17 atom stereocenters. The van der Waals surface area contributed by atoms with Crippen LogP contribution in [0.15, 0.2) is 24.3 Å². The maximum absolute atomic E-state index is 13.4. The SMILES string of the molecule is CC[C@@H]1OC(=O)/C=C/[C@H](C)[C@H](O[C@@H]2O[C@H](C)C[C@H](N(C)C)[C@H]2O)[C@H](C)C[C@@H](C)C(=O)/C=C/[C@H]2O[C@@H]2[C@@H]1CO[C@@H]1O[C@H](C)[C@@H](O)[C@@H](OC)[C@H]1OC. The van der Waals surface area contributed by atoms with Crippen LogP contribution in [0.4, 0.5) is 0 Å². The van der Waals surface area contributed by atoms with E-state index in [0.717, 1.165) is 0 Å². The van der Waals surface area contributed by atoms with Crippen LogP contribution < -0.4 is 0 Å². The first-order chi connectivity index (χ1) is 23.7. The summed E-state index contributed by atoms with van der Waals surface area (Å²) in [6.07, 6.45) is 0.848. The number of fused-ring (bicyclic) bond motifs is 1. The van der Waals surface area contributed by atoms with Crippen LogP contribution in [-0.2, 0) is 47.5 Å². The van der Waals surface area contributed by atoms with Gasteiger partial charge in [-0.15, -0.1) is 0 Å². The fourth-order valence-corrected chi connectivity index (χ4v) is 7.64. The molecule has 0 saturated carbocycles. The van der Waals surface area contributed by atoms with Gasteiger partial charge in [0.15, 0.2) is 18.4 Å². The number of cyclic esters (lactones) is 1. The average Bonchev–Trinajstić information content (AvgIpc) is 3.85. The second-order valence-corrected chi connectivity index (χ2v) is 14.8. The highest BCUT2D eigenvalue weighted by Gasteiger charge is 2.50. The van der Waals surface area contributed by atoms with Gasteiger partial charge in [-0.1, -0.05) is 33.8 Å². The summed E-state index contributed by atoms with van der Waals surface area (Å²) in [7, 11) is 6.85. The number of hydrogen-bond donors (Lipinski definition) is 2. The molecular weight excluding hydrogens is 650 g/mol. The molecule has 0 radical (unpaired) electrons. The van der Waals surface area contributed by atoms with Gasteiger partial charge in [0.05, 0.1) is 31.0 Å². The molecule has 13 nitrogen and oxygen atoms in total. The highest BCUT2D eigenvalue weighted by molar-refractivity contribution is 5.91. The fraction of sp³-hybridized carbons (Fsp3) is 0.838. The zero-order valence-electron chi connectivity index (χ0n) is 31.4. The Balaban J connectivity index is 1.56. The molecule has 2 N–H and O–H groups in total. The highest BCUT2D eigenvalue weighted by Crippen LogP contribution is 2.37. The first-order valence-electron chi connectivity index (χ1n) is 18.1. The molecule has 13 heteroatoms. The molecule has 50 heavy (non-hydrogen) atoms. The first-order valence-corrected chi connectivity index (χ1v) is 18.1. The Labute approximate surface area is 297 Å². The van der Waals surface area contributed by atoms with E-state index in [9.17, 15) is 19.8 Å². The van der Waals surface area contributed by atoms with Crippen molar-refractivity contribution < 1.29 is 57.7 Å². The number of nitrogens with zero attached hydrogens (tertiary/aromatic N) is 1. The molecule has 4 rings (SSSR count). The van der Waals surface area contributed by atoms with Crippen molar-refractivity contribution in [1.29, 1.82) is 0 Å². The first kappa shape index (κ1) is 41.0. The third kappa shape index (κ3) is 10.00. The molecule has 4 aliphatic heterocycles. The quantitative estimate of drug-likeness (QED) is 0.266. The number of esters is 1. The van der Waals surface area contributed by atoms with Gasteiger partial charge in [-0.05, 0) is 65.3 Å². The number of hydrogen-bond acceptors (Lipinski definition) is 13. The number of ketones is 1. The number of rotatable bonds is 9. The Bertz CT molecular complexity index is 1170. The van der Waals surface area contributed by atoms with E-state index in [2.05, 4.69) is 0 Å². The number of methoxy groups -OCH3 is 2. The van der Waals surface area contributed by atoms with Crippen molar-refractivity contribution in [2.75, 3.05) is 34.9 Å². The van der Waals surface area contributed by atoms with Gasteiger partial charge >= 0.3 is 5.97 Å². The van der Waals surface area contributed by atoms with Crippen LogP contribution in [-0.4, -0.2) is 141 Å². The smallest absolute Gasteiger partial charge is 0.330 e. The van der Waals surface area contributed by atoms with Crippen molar-refractivity contribution >= 4 is 11.8 Å². The standard InChI is InChI=1S/C37H61NO12/c1-11-27-24(18-45-37-35(44-10)34(43-9)30(41)23(6)47-37)33-28(49-33)14-13-26(39)20(3)16-21(4)32(19(2)12-15-29(40)48-27)50-36-31(42)25(38(7)8)17-22(5)46-36/h12-15,19-25,27-28,30-37,41-42H,11,16-18H2,1-10H3/b14-13+,15-12+/t19-,20+,21+,22+,23+,24+,25-,27-,28+,30+,31+,32-,33+,34+,35+,36-,37+/m0/s1. The van der Waals surface area contributed by atoms with Crippen molar-refractivity contribution in [3.63, 3.8) is 0 Å². The molecule has 3 fully saturated rings. The molecule has 0 aromatic carbocycles. The fourth-order valence-electron chi connectivity index (χ4n) is 7.64. The van der Waals surface area contributed by atoms with Gasteiger partial charge < -0.3 is 53.0 Å². The van der Waals surface area contributed by atoms with Gasteiger partial charge in [0, 0.05) is 44.1 Å². The molecule has 0 bridgehead atoms. The Morgan fingerprint density at radius 3 is 2.20 bits per heavy atom. The minimum Gasteiger partial charge on any atom is -0.459 e. The van der Waals surface area contributed by atoms with E-state index in [4.69, 9.17) is 37.9 Å². The van der Waals surface area contributed by atoms with Crippen molar-refractivity contribution in [3.8, 4) is 0 Å². The number of likely N-dealkylation sites (N-methyl/N-ethyl adjacent to an activating group) is 1. The second-order valence-electron chi connectivity index (χ2n) is 14.8. The lowest BCUT2D eigenvalue weighted by Crippen LogP contribution is -2.59. The van der Waals surface area contributed by atoms with E-state index >= 15 is 0 Å². The predicted octanol–water partition coefficient (Wildman–Crippen LogP) is 2.65. The van der Waals surface area contributed by atoms with E-state index < -0.39 is 67.2 Å². The van der Waals surface area contributed by atoms with Crippen LogP contribution >= 0.6 is 0 Å². The molecule has 0 amide bonds. The number of epoxide rings is 1. The molecule has 286 valence electrons. The highest BCUT2D eigenvalue weighted by atomic mass is 16.7. The second kappa shape index (κ2) is 18.3. The number of carbonyl (C=O) groups excluding carboxylic acids is 2. The molecule has 0 aromatic heterocycles. The Kier molecular flexibility index (Phi) is 15.0. The van der Waals surface area contributed by atoms with Gasteiger partial charge in [-0.2, -0.15) is 0 Å². The molecule has 0 spiro atoms. The van der Waals surface area contributed by atoms with Gasteiger partial charge in [0.2, 0.25) is 0 Å². The maximum atomic E-state index is 13.4. The number of aliphatic hydroxyl groups excluding tert-OH is 2. The summed E-state index contributed by atoms with van der Waals surface area (Å²) < 4.78 is 48.1. The van der Waals surface area contributed by atoms with E-state index in [-0.39, 0.29) is 54.5 Å². The van der Waals surface area contributed by atoms with Crippen molar-refractivity contribution in [2.45, 2.75) is 140 Å². The lowest BCUT2D eigenvalue weighted by molar-refractivity contribution is -0.305. The molecule has 3 saturated heterocycles. The molecule has 0 unspecified atom stereocenters. The van der Waals surface area contributed by atoms with Crippen molar-refractivity contribution in [3.05, 3.63) is 24.3 Å². The third-order valence-corrected chi connectivity index (χ3v) is 10.7. The lowest BCUT2D eigenvalue weighted by atomic mass is 9.84. The van der Waals surface area contributed by atoms with E-state index in [1.165, 1.54) is 20.3 Å². The van der Waals surface area contributed by atoms with Crippen LogP contribution in [0, 0.1) is 23.7 Å². The Hall–Kier alpha value is -1.78.